The van der Waals surface area contributed by atoms with Crippen LogP contribution < -0.4 is 5.32 Å². The minimum Gasteiger partial charge on any atom is -0.340 e. The lowest BCUT2D eigenvalue weighted by Gasteiger charge is -2.29. The van der Waals surface area contributed by atoms with E-state index in [1.54, 1.807) is 12.1 Å². The summed E-state index contributed by atoms with van der Waals surface area (Å²) in [6, 6.07) is 17.0. The number of hydrogen-bond acceptors (Lipinski definition) is 4. The van der Waals surface area contributed by atoms with Gasteiger partial charge in [-0.05, 0) is 35.1 Å². The van der Waals surface area contributed by atoms with Crippen LogP contribution in [0.2, 0.25) is 0 Å². The second-order valence-corrected chi connectivity index (χ2v) is 10.7. The first-order valence-corrected chi connectivity index (χ1v) is 12.9. The molecule has 0 aromatic heterocycles. The van der Waals surface area contributed by atoms with Crippen molar-refractivity contribution in [2.75, 3.05) is 39.3 Å². The Balaban J connectivity index is 1.80. The van der Waals surface area contributed by atoms with Gasteiger partial charge in [-0.3, -0.25) is 4.79 Å². The summed E-state index contributed by atoms with van der Waals surface area (Å²) in [5.74, 6) is 0.349. The maximum Gasteiger partial charge on any atom is 0.243 e. The van der Waals surface area contributed by atoms with E-state index in [0.717, 1.165) is 24.2 Å². The molecule has 1 fully saturated rings. The van der Waals surface area contributed by atoms with Crippen LogP contribution in [-0.4, -0.2) is 62.8 Å². The van der Waals surface area contributed by atoms with Crippen molar-refractivity contribution in [3.05, 3.63) is 65.7 Å². The van der Waals surface area contributed by atoms with Gasteiger partial charge in [0, 0.05) is 45.7 Å². The summed E-state index contributed by atoms with van der Waals surface area (Å²) in [4.78, 5) is 14.8. The number of carbonyl (C=O) groups excluding carboxylic acids is 1. The normalized spacial score (nSPS) is 15.8. The number of benzene rings is 2. The molecule has 3 rings (SSSR count). The molecule has 0 spiro atoms. The fourth-order valence-electron chi connectivity index (χ4n) is 3.97. The highest BCUT2D eigenvalue weighted by molar-refractivity contribution is 7.89. The molecule has 32 heavy (non-hydrogen) atoms. The number of rotatable bonds is 9. The molecule has 174 valence electrons. The van der Waals surface area contributed by atoms with Crippen LogP contribution in [0.3, 0.4) is 0 Å². The van der Waals surface area contributed by atoms with Crippen LogP contribution in [-0.2, 0) is 14.8 Å². The Morgan fingerprint density at radius 2 is 1.59 bits per heavy atom. The van der Waals surface area contributed by atoms with E-state index >= 15 is 0 Å². The standard InChI is InChI=1S/C25H35N3O3S/c1-20(2)22-9-11-24(12-10-22)32(30,31)28(19-21(3)23-7-5-4-6-8-23)16-13-25(29)27-17-14-26-15-18-27/h4-12,20-21,26H,13-19H2,1-3H3. The summed E-state index contributed by atoms with van der Waals surface area (Å²) < 4.78 is 28.6. The number of nitrogens with one attached hydrogen (secondary N) is 1. The zero-order valence-corrected chi connectivity index (χ0v) is 20.1. The summed E-state index contributed by atoms with van der Waals surface area (Å²) >= 11 is 0. The monoisotopic (exact) mass is 457 g/mol. The van der Waals surface area contributed by atoms with E-state index in [4.69, 9.17) is 0 Å². The number of hydrogen-bond donors (Lipinski definition) is 1. The fraction of sp³-hybridized carbons (Fsp3) is 0.480. The lowest BCUT2D eigenvalue weighted by atomic mass is 10.0. The highest BCUT2D eigenvalue weighted by Gasteiger charge is 2.28. The van der Waals surface area contributed by atoms with Crippen molar-refractivity contribution in [1.29, 1.82) is 0 Å². The Kier molecular flexibility index (Phi) is 8.45. The molecule has 2 aromatic carbocycles. The third-order valence-electron chi connectivity index (χ3n) is 6.08. The third-order valence-corrected chi connectivity index (χ3v) is 7.95. The average Bonchev–Trinajstić information content (AvgIpc) is 2.82. The van der Waals surface area contributed by atoms with Crippen molar-refractivity contribution >= 4 is 15.9 Å². The molecule has 1 saturated heterocycles. The number of nitrogens with zero attached hydrogens (tertiary/aromatic N) is 2. The van der Waals surface area contributed by atoms with Crippen molar-refractivity contribution < 1.29 is 13.2 Å². The van der Waals surface area contributed by atoms with Crippen LogP contribution in [0.1, 0.15) is 50.2 Å². The van der Waals surface area contributed by atoms with Crippen LogP contribution in [0, 0.1) is 0 Å². The van der Waals surface area contributed by atoms with Gasteiger partial charge in [0.2, 0.25) is 15.9 Å². The molecule has 7 heteroatoms. The van der Waals surface area contributed by atoms with Crippen molar-refractivity contribution in [2.24, 2.45) is 0 Å². The van der Waals surface area contributed by atoms with E-state index in [-0.39, 0.29) is 29.7 Å². The Morgan fingerprint density at radius 1 is 0.969 bits per heavy atom. The van der Waals surface area contributed by atoms with Crippen molar-refractivity contribution in [2.45, 2.75) is 43.9 Å². The molecule has 2 aromatic rings. The van der Waals surface area contributed by atoms with Gasteiger partial charge < -0.3 is 10.2 Å². The SMILES string of the molecule is CC(C)c1ccc(S(=O)(=O)N(CCC(=O)N2CCNCC2)CC(C)c2ccccc2)cc1. The number of piperazine rings is 1. The smallest absolute Gasteiger partial charge is 0.243 e. The minimum atomic E-state index is -3.72. The van der Waals surface area contributed by atoms with Crippen LogP contribution in [0.25, 0.3) is 0 Å². The van der Waals surface area contributed by atoms with Gasteiger partial charge in [-0.15, -0.1) is 0 Å². The topological polar surface area (TPSA) is 69.7 Å². The number of carbonyl (C=O) groups is 1. The van der Waals surface area contributed by atoms with Gasteiger partial charge >= 0.3 is 0 Å². The van der Waals surface area contributed by atoms with Crippen LogP contribution in [0.5, 0.6) is 0 Å². The second-order valence-electron chi connectivity index (χ2n) is 8.78. The van der Waals surface area contributed by atoms with E-state index in [2.05, 4.69) is 19.2 Å². The maximum absolute atomic E-state index is 13.6. The summed E-state index contributed by atoms with van der Waals surface area (Å²) in [6.45, 7) is 9.59. The van der Waals surface area contributed by atoms with Crippen molar-refractivity contribution in [3.8, 4) is 0 Å². The molecular weight excluding hydrogens is 422 g/mol. The summed E-state index contributed by atoms with van der Waals surface area (Å²) in [5.41, 5.74) is 2.18. The highest BCUT2D eigenvalue weighted by atomic mass is 32.2. The molecule has 6 nitrogen and oxygen atoms in total. The van der Waals surface area contributed by atoms with Crippen molar-refractivity contribution in [1.82, 2.24) is 14.5 Å². The first kappa shape index (κ1) is 24.4. The lowest BCUT2D eigenvalue weighted by molar-refractivity contribution is -0.131. The summed E-state index contributed by atoms with van der Waals surface area (Å²) in [5, 5.41) is 3.24. The summed E-state index contributed by atoms with van der Waals surface area (Å²) in [7, 11) is -3.72. The van der Waals surface area contributed by atoms with E-state index in [1.165, 1.54) is 4.31 Å². The number of sulfonamides is 1. The van der Waals surface area contributed by atoms with Gasteiger partial charge in [0.05, 0.1) is 4.90 Å². The van der Waals surface area contributed by atoms with E-state index in [1.807, 2.05) is 54.3 Å². The molecular formula is C25H35N3O3S. The third kappa shape index (κ3) is 6.18. The Hall–Kier alpha value is -2.22. The van der Waals surface area contributed by atoms with Gasteiger partial charge in [-0.25, -0.2) is 8.42 Å². The predicted octanol–water partition coefficient (Wildman–Crippen LogP) is 3.43. The van der Waals surface area contributed by atoms with Crippen LogP contribution in [0.15, 0.2) is 59.5 Å². The zero-order valence-electron chi connectivity index (χ0n) is 19.3. The Bertz CT molecular complexity index is 969. The molecule has 1 unspecified atom stereocenters. The molecule has 0 bridgehead atoms. The molecule has 1 amide bonds. The fourth-order valence-corrected chi connectivity index (χ4v) is 5.50. The molecule has 1 heterocycles. The molecule has 1 atom stereocenters. The largest absolute Gasteiger partial charge is 0.340 e. The average molecular weight is 458 g/mol. The second kappa shape index (κ2) is 11.1. The maximum atomic E-state index is 13.6. The first-order chi connectivity index (χ1) is 15.3. The van der Waals surface area contributed by atoms with Gasteiger partial charge in [0.25, 0.3) is 0 Å². The predicted molar refractivity (Wildman–Crippen MR) is 128 cm³/mol. The lowest BCUT2D eigenvalue weighted by Crippen LogP contribution is -2.47. The van der Waals surface area contributed by atoms with E-state index in [0.29, 0.717) is 25.6 Å². The van der Waals surface area contributed by atoms with Gasteiger partial charge in [0.15, 0.2) is 0 Å². The molecule has 0 radical (unpaired) electrons. The van der Waals surface area contributed by atoms with Crippen molar-refractivity contribution in [3.63, 3.8) is 0 Å². The van der Waals surface area contributed by atoms with Crippen LogP contribution >= 0.6 is 0 Å². The molecule has 0 saturated carbocycles. The highest BCUT2D eigenvalue weighted by Crippen LogP contribution is 2.24. The Morgan fingerprint density at radius 3 is 2.19 bits per heavy atom. The molecule has 1 N–H and O–H groups in total. The Labute approximate surface area is 192 Å². The molecule has 1 aliphatic heterocycles. The zero-order chi connectivity index (χ0) is 23.1. The first-order valence-electron chi connectivity index (χ1n) is 11.4. The quantitative estimate of drug-likeness (QED) is 0.626. The number of amides is 1. The van der Waals surface area contributed by atoms with Gasteiger partial charge in [-0.2, -0.15) is 4.31 Å². The molecule has 1 aliphatic rings. The van der Waals surface area contributed by atoms with E-state index in [9.17, 15) is 13.2 Å². The minimum absolute atomic E-state index is 0.00854. The van der Waals surface area contributed by atoms with Gasteiger partial charge in [-0.1, -0.05) is 63.2 Å². The van der Waals surface area contributed by atoms with E-state index < -0.39 is 10.0 Å². The summed E-state index contributed by atoms with van der Waals surface area (Å²) in [6.07, 6.45) is 0.185. The molecule has 0 aliphatic carbocycles. The van der Waals surface area contributed by atoms with Gasteiger partial charge in [0.1, 0.15) is 0 Å². The van der Waals surface area contributed by atoms with Crippen LogP contribution in [0.4, 0.5) is 0 Å².